The van der Waals surface area contributed by atoms with Crippen LogP contribution in [-0.4, -0.2) is 19.0 Å². The summed E-state index contributed by atoms with van der Waals surface area (Å²) in [5.74, 6) is -3.23. The molecule has 0 spiro atoms. The molecule has 2 aromatic carbocycles. The highest BCUT2D eigenvalue weighted by Crippen LogP contribution is 2.25. The van der Waals surface area contributed by atoms with Gasteiger partial charge in [-0.1, -0.05) is 12.1 Å². The number of methoxy groups -OCH3 is 1. The van der Waals surface area contributed by atoms with Gasteiger partial charge in [-0.25, -0.2) is 13.6 Å². The summed E-state index contributed by atoms with van der Waals surface area (Å²) in [6, 6.07) is 9.35. The largest absolute Gasteiger partial charge is 0.493 e. The van der Waals surface area contributed by atoms with Crippen LogP contribution >= 0.6 is 0 Å². The van der Waals surface area contributed by atoms with Gasteiger partial charge in [0, 0.05) is 24.1 Å². The van der Waals surface area contributed by atoms with Gasteiger partial charge in [-0.15, -0.1) is 0 Å². The number of benzene rings is 2. The summed E-state index contributed by atoms with van der Waals surface area (Å²) in [6.07, 6.45) is 0. The van der Waals surface area contributed by atoms with Crippen molar-refractivity contribution in [3.63, 3.8) is 0 Å². The van der Waals surface area contributed by atoms with E-state index in [-0.39, 0.29) is 22.4 Å². The molecule has 0 aliphatic carbocycles. The number of nitrogens with zero attached hydrogens (tertiary/aromatic N) is 1. The van der Waals surface area contributed by atoms with Gasteiger partial charge in [0.1, 0.15) is 5.56 Å². The molecule has 0 saturated heterocycles. The standard InChI is InChI=1S/C19H14F2N2O5/c1-10(24)28-23-19-13(8-11-4-3-5-16(26-2)17(11)27-19)18(25)22-12-6-7-14(20)15(21)9-12/h3-9H,1-2H3,(H,22,25)/b23-19+. The number of ether oxygens (including phenoxy) is 1. The van der Waals surface area contributed by atoms with E-state index in [0.29, 0.717) is 11.1 Å². The third kappa shape index (κ3) is 3.98. The Kier molecular flexibility index (Phi) is 5.35. The van der Waals surface area contributed by atoms with Gasteiger partial charge >= 0.3 is 5.97 Å². The molecule has 1 amide bonds. The smallest absolute Gasteiger partial charge is 0.332 e. The van der Waals surface area contributed by atoms with Gasteiger partial charge in [0.25, 0.3) is 11.5 Å². The Balaban J connectivity index is 2.10. The predicted molar refractivity (Wildman–Crippen MR) is 94.4 cm³/mol. The maximum absolute atomic E-state index is 13.4. The van der Waals surface area contributed by atoms with Crippen LogP contribution in [0.4, 0.5) is 14.5 Å². The molecular formula is C19H14F2N2O5. The van der Waals surface area contributed by atoms with E-state index in [1.54, 1.807) is 18.2 Å². The van der Waals surface area contributed by atoms with E-state index in [1.165, 1.54) is 19.2 Å². The van der Waals surface area contributed by atoms with Gasteiger partial charge in [0.15, 0.2) is 23.0 Å². The number of hydrogen-bond acceptors (Lipinski definition) is 6. The Bertz CT molecular complexity index is 1140. The van der Waals surface area contributed by atoms with Gasteiger partial charge in [0.2, 0.25) is 0 Å². The van der Waals surface area contributed by atoms with Crippen molar-refractivity contribution in [3.8, 4) is 5.75 Å². The first-order valence-electron chi connectivity index (χ1n) is 7.98. The van der Waals surface area contributed by atoms with Crippen LogP contribution in [0.15, 0.2) is 52.0 Å². The molecule has 1 aromatic heterocycles. The number of halogens is 2. The topological polar surface area (TPSA) is 90.1 Å². The molecule has 7 nitrogen and oxygen atoms in total. The fourth-order valence-corrected chi connectivity index (χ4v) is 2.39. The SMILES string of the molecule is COc1cccc2cc(C(=O)Nc3ccc(F)c(F)c3)/c(=N\OC(C)=O)oc12. The number of carbonyl (C=O) groups excluding carboxylic acids is 2. The molecule has 0 saturated carbocycles. The lowest BCUT2D eigenvalue weighted by molar-refractivity contribution is -0.141. The maximum Gasteiger partial charge on any atom is 0.332 e. The molecule has 0 unspecified atom stereocenters. The first kappa shape index (κ1) is 19.0. The molecule has 28 heavy (non-hydrogen) atoms. The van der Waals surface area contributed by atoms with Crippen molar-refractivity contribution in [1.82, 2.24) is 0 Å². The number of amides is 1. The molecule has 9 heteroatoms. The first-order valence-corrected chi connectivity index (χ1v) is 7.98. The summed E-state index contributed by atoms with van der Waals surface area (Å²) in [5, 5.41) is 6.48. The highest BCUT2D eigenvalue weighted by atomic mass is 19.2. The number of hydrogen-bond donors (Lipinski definition) is 1. The molecule has 0 atom stereocenters. The van der Waals surface area contributed by atoms with Crippen LogP contribution < -0.4 is 15.6 Å². The third-order valence-corrected chi connectivity index (χ3v) is 3.64. The quantitative estimate of drug-likeness (QED) is 0.547. The Labute approximate surface area is 157 Å². The summed E-state index contributed by atoms with van der Waals surface area (Å²) in [6.45, 7) is 1.13. The Morgan fingerprint density at radius 3 is 2.57 bits per heavy atom. The van der Waals surface area contributed by atoms with Crippen LogP contribution in [0, 0.1) is 11.6 Å². The zero-order valence-corrected chi connectivity index (χ0v) is 14.8. The number of anilines is 1. The Morgan fingerprint density at radius 1 is 1.11 bits per heavy atom. The van der Waals surface area contributed by atoms with Crippen LogP contribution in [-0.2, 0) is 9.63 Å². The summed E-state index contributed by atoms with van der Waals surface area (Å²) in [7, 11) is 1.44. The van der Waals surface area contributed by atoms with Gasteiger partial charge < -0.3 is 19.3 Å². The fraction of sp³-hybridized carbons (Fsp3) is 0.105. The lowest BCUT2D eigenvalue weighted by Crippen LogP contribution is -2.22. The van der Waals surface area contributed by atoms with Gasteiger partial charge in [0.05, 0.1) is 7.11 Å². The molecule has 0 aliphatic rings. The molecular weight excluding hydrogens is 374 g/mol. The molecule has 1 heterocycles. The van der Waals surface area contributed by atoms with Crippen LogP contribution in [0.25, 0.3) is 11.0 Å². The van der Waals surface area contributed by atoms with Gasteiger partial charge in [-0.05, 0) is 29.4 Å². The van der Waals surface area contributed by atoms with Crippen LogP contribution in [0.1, 0.15) is 17.3 Å². The van der Waals surface area contributed by atoms with Crippen molar-refractivity contribution in [2.24, 2.45) is 5.16 Å². The number of para-hydroxylation sites is 1. The van der Waals surface area contributed by atoms with Crippen molar-refractivity contribution in [2.75, 3.05) is 12.4 Å². The molecule has 0 fully saturated rings. The normalized spacial score (nSPS) is 11.4. The molecule has 0 bridgehead atoms. The van der Waals surface area contributed by atoms with Crippen molar-refractivity contribution >= 4 is 28.5 Å². The van der Waals surface area contributed by atoms with Crippen molar-refractivity contribution in [2.45, 2.75) is 6.92 Å². The van der Waals surface area contributed by atoms with Crippen molar-refractivity contribution in [3.05, 3.63) is 65.2 Å². The summed E-state index contributed by atoms with van der Waals surface area (Å²) < 4.78 is 37.3. The first-order chi connectivity index (χ1) is 13.4. The fourth-order valence-electron chi connectivity index (χ4n) is 2.39. The summed E-state index contributed by atoms with van der Waals surface area (Å²) in [5.41, 5.74) is -0.0904. The Morgan fingerprint density at radius 2 is 1.89 bits per heavy atom. The number of carbonyl (C=O) groups is 2. The zero-order valence-electron chi connectivity index (χ0n) is 14.8. The summed E-state index contributed by atoms with van der Waals surface area (Å²) >= 11 is 0. The van der Waals surface area contributed by atoms with E-state index in [4.69, 9.17) is 9.15 Å². The molecule has 0 radical (unpaired) electrons. The third-order valence-electron chi connectivity index (χ3n) is 3.64. The van der Waals surface area contributed by atoms with E-state index < -0.39 is 23.5 Å². The minimum atomic E-state index is -1.12. The van der Waals surface area contributed by atoms with E-state index in [1.807, 2.05) is 0 Å². The second-order valence-electron chi connectivity index (χ2n) is 5.60. The van der Waals surface area contributed by atoms with Crippen LogP contribution in [0.3, 0.4) is 0 Å². The van der Waals surface area contributed by atoms with Crippen molar-refractivity contribution < 1.29 is 32.4 Å². The lowest BCUT2D eigenvalue weighted by atomic mass is 10.1. The predicted octanol–water partition coefficient (Wildman–Crippen LogP) is 3.35. The second kappa shape index (κ2) is 7.87. The average molecular weight is 388 g/mol. The van der Waals surface area contributed by atoms with Gasteiger partial charge in [-0.2, -0.15) is 0 Å². The maximum atomic E-state index is 13.4. The number of rotatable bonds is 4. The molecule has 3 aromatic rings. The van der Waals surface area contributed by atoms with E-state index in [2.05, 4.69) is 15.3 Å². The average Bonchev–Trinajstić information content (AvgIpc) is 2.67. The zero-order chi connectivity index (χ0) is 20.3. The lowest BCUT2D eigenvalue weighted by Gasteiger charge is -2.08. The minimum Gasteiger partial charge on any atom is -0.493 e. The van der Waals surface area contributed by atoms with E-state index in [0.717, 1.165) is 19.1 Å². The summed E-state index contributed by atoms with van der Waals surface area (Å²) in [4.78, 5) is 28.3. The molecule has 144 valence electrons. The van der Waals surface area contributed by atoms with Crippen molar-refractivity contribution in [1.29, 1.82) is 0 Å². The monoisotopic (exact) mass is 388 g/mol. The molecule has 0 aliphatic heterocycles. The highest BCUT2D eigenvalue weighted by Gasteiger charge is 2.16. The van der Waals surface area contributed by atoms with Gasteiger partial charge in [-0.3, -0.25) is 4.79 Å². The minimum absolute atomic E-state index is 0.0214. The van der Waals surface area contributed by atoms with E-state index in [9.17, 15) is 18.4 Å². The number of nitrogens with one attached hydrogen (secondary N) is 1. The molecule has 1 N–H and O–H groups in total. The second-order valence-corrected chi connectivity index (χ2v) is 5.60. The Hall–Kier alpha value is -3.75. The van der Waals surface area contributed by atoms with E-state index >= 15 is 0 Å². The number of fused-ring (bicyclic) bond motifs is 1. The van der Waals surface area contributed by atoms with Crippen LogP contribution in [0.2, 0.25) is 0 Å². The molecule has 3 rings (SSSR count). The van der Waals surface area contributed by atoms with Crippen LogP contribution in [0.5, 0.6) is 5.75 Å². The highest BCUT2D eigenvalue weighted by molar-refractivity contribution is 6.05.